The largest absolute Gasteiger partial charge is 0.472 e. The molecule has 1 aromatic heterocycles. The summed E-state index contributed by atoms with van der Waals surface area (Å²) in [6.45, 7) is 0.0167. The lowest BCUT2D eigenvalue weighted by Crippen LogP contribution is -2.28. The Morgan fingerprint density at radius 1 is 1.43 bits per heavy atom. The number of halogens is 1. The first-order valence-corrected chi connectivity index (χ1v) is 7.31. The average molecular weight is 338 g/mol. The number of nitrogens with one attached hydrogen (secondary N) is 1. The molecule has 0 saturated carbocycles. The molecule has 7 nitrogen and oxygen atoms in total. The van der Waals surface area contributed by atoms with Gasteiger partial charge in [0.25, 0.3) is 5.91 Å². The number of carbonyl (C=O) groups excluding carboxylic acids is 2. The normalized spacial score (nSPS) is 10.2. The maximum Gasteiger partial charge on any atom is 0.321 e. The van der Waals surface area contributed by atoms with E-state index in [1.54, 1.807) is 26.2 Å². The first-order chi connectivity index (χ1) is 10.9. The molecule has 9 heteroatoms. The Bertz CT molecular complexity index is 733. The molecule has 3 amide bonds. The lowest BCUT2D eigenvalue weighted by atomic mass is 10.2. The third kappa shape index (κ3) is 4.16. The average Bonchev–Trinajstić information content (AvgIpc) is 2.88. The van der Waals surface area contributed by atoms with Crippen LogP contribution in [0.4, 0.5) is 14.2 Å². The summed E-state index contributed by atoms with van der Waals surface area (Å²) in [5, 5.41) is 2.72. The van der Waals surface area contributed by atoms with Gasteiger partial charge < -0.3 is 15.4 Å². The van der Waals surface area contributed by atoms with Crippen molar-refractivity contribution in [3.05, 3.63) is 41.2 Å². The molecular weight excluding hydrogens is 323 g/mol. The first kappa shape index (κ1) is 16.7. The van der Waals surface area contributed by atoms with Gasteiger partial charge in [-0.05, 0) is 29.2 Å². The number of aromatic nitrogens is 1. The summed E-state index contributed by atoms with van der Waals surface area (Å²) in [5.41, 5.74) is 5.89. The van der Waals surface area contributed by atoms with Crippen LogP contribution in [0.2, 0.25) is 0 Å². The summed E-state index contributed by atoms with van der Waals surface area (Å²) in [4.78, 5) is 24.6. The molecule has 0 radical (unpaired) electrons. The van der Waals surface area contributed by atoms with Gasteiger partial charge in [0.05, 0.1) is 0 Å². The molecule has 0 aliphatic carbocycles. The molecule has 0 atom stereocenters. The van der Waals surface area contributed by atoms with Crippen molar-refractivity contribution in [1.29, 1.82) is 0 Å². The zero-order valence-electron chi connectivity index (χ0n) is 12.5. The Morgan fingerprint density at radius 3 is 2.78 bits per heavy atom. The van der Waals surface area contributed by atoms with Crippen molar-refractivity contribution in [2.24, 2.45) is 5.73 Å². The number of carbonyl (C=O) groups is 2. The Kier molecular flexibility index (Phi) is 5.12. The van der Waals surface area contributed by atoms with Crippen molar-refractivity contribution >= 4 is 28.5 Å². The van der Waals surface area contributed by atoms with Crippen LogP contribution in [0.3, 0.4) is 0 Å². The topological polar surface area (TPSA) is 97.6 Å². The van der Waals surface area contributed by atoms with E-state index < -0.39 is 17.8 Å². The molecule has 0 bridgehead atoms. The molecule has 2 rings (SSSR count). The van der Waals surface area contributed by atoms with E-state index in [1.807, 2.05) is 0 Å². The van der Waals surface area contributed by atoms with E-state index in [0.29, 0.717) is 5.56 Å². The molecule has 122 valence electrons. The summed E-state index contributed by atoms with van der Waals surface area (Å²) in [6, 6.07) is 5.43. The summed E-state index contributed by atoms with van der Waals surface area (Å²) >= 11 is 0.880. The minimum absolute atomic E-state index is 0.000757. The Balaban J connectivity index is 2.17. The van der Waals surface area contributed by atoms with Crippen LogP contribution in [0.5, 0.6) is 5.88 Å². The molecule has 0 fully saturated rings. The van der Waals surface area contributed by atoms with Crippen molar-refractivity contribution in [3.8, 4) is 5.88 Å². The number of rotatable bonds is 5. The van der Waals surface area contributed by atoms with Gasteiger partial charge in [-0.3, -0.25) is 10.1 Å². The minimum atomic E-state index is -0.776. The second-order valence-electron chi connectivity index (χ2n) is 4.80. The third-order valence-electron chi connectivity index (χ3n) is 2.80. The first-order valence-electron chi connectivity index (χ1n) is 6.53. The molecule has 0 aliphatic rings. The highest BCUT2D eigenvalue weighted by Gasteiger charge is 2.22. The fourth-order valence-electron chi connectivity index (χ4n) is 1.66. The number of ether oxygens (including phenoxy) is 1. The molecule has 0 spiro atoms. The highest BCUT2D eigenvalue weighted by molar-refractivity contribution is 7.11. The molecule has 0 saturated heterocycles. The summed E-state index contributed by atoms with van der Waals surface area (Å²) in [6.07, 6.45) is 0. The van der Waals surface area contributed by atoms with Gasteiger partial charge in [-0.25, -0.2) is 9.18 Å². The van der Waals surface area contributed by atoms with E-state index in [0.717, 1.165) is 11.5 Å². The minimum Gasteiger partial charge on any atom is -0.472 e. The van der Waals surface area contributed by atoms with Gasteiger partial charge in [0.2, 0.25) is 5.88 Å². The van der Waals surface area contributed by atoms with Crippen LogP contribution in [0.25, 0.3) is 0 Å². The second-order valence-corrected chi connectivity index (χ2v) is 5.57. The highest BCUT2D eigenvalue weighted by Crippen LogP contribution is 2.30. The predicted octanol–water partition coefficient (Wildman–Crippen LogP) is 2.05. The number of amides is 3. The van der Waals surface area contributed by atoms with Crippen molar-refractivity contribution in [1.82, 2.24) is 9.27 Å². The number of nitrogens with zero attached hydrogens (tertiary/aromatic N) is 2. The number of hydrogen-bond donors (Lipinski definition) is 2. The SMILES string of the molecule is CN(C)C(=O)Nc1snc(OCc2cccc(F)c2)c1C(N)=O. The van der Waals surface area contributed by atoms with Crippen LogP contribution in [0.1, 0.15) is 15.9 Å². The van der Waals surface area contributed by atoms with Crippen LogP contribution in [0, 0.1) is 5.82 Å². The molecular formula is C14H15FN4O3S. The number of nitrogens with two attached hydrogens (primary N) is 1. The van der Waals surface area contributed by atoms with Crippen molar-refractivity contribution in [2.45, 2.75) is 6.61 Å². The standard InChI is InChI=1S/C14H15FN4O3S/c1-19(2)14(21)17-13-10(11(16)20)12(18-23-13)22-7-8-4-3-5-9(15)6-8/h3-6H,7H2,1-2H3,(H2,16,20)(H,17,21). The van der Waals surface area contributed by atoms with Crippen LogP contribution in [-0.4, -0.2) is 35.3 Å². The Labute approximate surface area is 136 Å². The van der Waals surface area contributed by atoms with E-state index in [9.17, 15) is 14.0 Å². The Morgan fingerprint density at radius 2 is 2.17 bits per heavy atom. The van der Waals surface area contributed by atoms with Crippen molar-refractivity contribution in [2.75, 3.05) is 19.4 Å². The van der Waals surface area contributed by atoms with E-state index in [-0.39, 0.29) is 23.1 Å². The van der Waals surface area contributed by atoms with E-state index in [4.69, 9.17) is 10.5 Å². The van der Waals surface area contributed by atoms with Gasteiger partial charge >= 0.3 is 6.03 Å². The van der Waals surface area contributed by atoms with Gasteiger partial charge in [0.1, 0.15) is 23.0 Å². The van der Waals surface area contributed by atoms with Gasteiger partial charge in [0, 0.05) is 14.1 Å². The number of hydrogen-bond acceptors (Lipinski definition) is 5. The third-order valence-corrected chi connectivity index (χ3v) is 3.54. The van der Waals surface area contributed by atoms with Gasteiger partial charge in [-0.2, -0.15) is 4.37 Å². The fourth-order valence-corrected chi connectivity index (χ4v) is 2.39. The fraction of sp³-hybridized carbons (Fsp3) is 0.214. The maximum absolute atomic E-state index is 13.1. The molecule has 3 N–H and O–H groups in total. The number of urea groups is 1. The van der Waals surface area contributed by atoms with Crippen LogP contribution < -0.4 is 15.8 Å². The molecule has 1 heterocycles. The van der Waals surface area contributed by atoms with E-state index in [1.165, 1.54) is 17.0 Å². The zero-order chi connectivity index (χ0) is 17.0. The lowest BCUT2D eigenvalue weighted by Gasteiger charge is -2.11. The smallest absolute Gasteiger partial charge is 0.321 e. The quantitative estimate of drug-likeness (QED) is 0.872. The van der Waals surface area contributed by atoms with E-state index >= 15 is 0 Å². The Hall–Kier alpha value is -2.68. The van der Waals surface area contributed by atoms with Crippen LogP contribution in [0.15, 0.2) is 24.3 Å². The molecule has 0 aliphatic heterocycles. The zero-order valence-corrected chi connectivity index (χ0v) is 13.3. The van der Waals surface area contributed by atoms with Crippen molar-refractivity contribution in [3.63, 3.8) is 0 Å². The van der Waals surface area contributed by atoms with Gasteiger partial charge in [-0.1, -0.05) is 12.1 Å². The summed E-state index contributed by atoms with van der Waals surface area (Å²) < 4.78 is 22.5. The maximum atomic E-state index is 13.1. The number of primary amides is 1. The highest BCUT2D eigenvalue weighted by atomic mass is 32.1. The van der Waals surface area contributed by atoms with Crippen LogP contribution in [-0.2, 0) is 6.61 Å². The van der Waals surface area contributed by atoms with Gasteiger partial charge in [0.15, 0.2) is 0 Å². The van der Waals surface area contributed by atoms with Crippen molar-refractivity contribution < 1.29 is 18.7 Å². The summed E-state index contributed by atoms with van der Waals surface area (Å²) in [5.74, 6) is -1.17. The molecule has 2 aromatic rings. The number of benzene rings is 1. The lowest BCUT2D eigenvalue weighted by molar-refractivity contribution is 0.0996. The predicted molar refractivity (Wildman–Crippen MR) is 84.1 cm³/mol. The molecule has 1 aromatic carbocycles. The molecule has 0 unspecified atom stereocenters. The van der Waals surface area contributed by atoms with E-state index in [2.05, 4.69) is 9.69 Å². The van der Waals surface area contributed by atoms with Crippen LogP contribution >= 0.6 is 11.5 Å². The second kappa shape index (κ2) is 7.05. The number of anilines is 1. The van der Waals surface area contributed by atoms with Gasteiger partial charge in [-0.15, -0.1) is 0 Å². The molecule has 23 heavy (non-hydrogen) atoms. The monoisotopic (exact) mass is 338 g/mol. The summed E-state index contributed by atoms with van der Waals surface area (Å²) in [7, 11) is 3.11.